The van der Waals surface area contributed by atoms with Crippen molar-refractivity contribution in [3.05, 3.63) is 23.0 Å². The fourth-order valence-corrected chi connectivity index (χ4v) is 6.90. The van der Waals surface area contributed by atoms with E-state index in [1.165, 1.54) is 31.3 Å². The Morgan fingerprint density at radius 1 is 1.27 bits per heavy atom. The average Bonchev–Trinajstić information content (AvgIpc) is 3.73. The number of methoxy groups -OCH3 is 1. The molecule has 4 aromatic heterocycles. The van der Waals surface area contributed by atoms with E-state index in [1.54, 1.807) is 0 Å². The molecule has 2 saturated heterocycles. The van der Waals surface area contributed by atoms with Crippen LogP contribution in [0.25, 0.3) is 22.3 Å². The fraction of sp³-hybridized carbons (Fsp3) is 0.591. The molecule has 2 fully saturated rings. The highest BCUT2D eigenvalue weighted by molar-refractivity contribution is 8.44. The van der Waals surface area contributed by atoms with Gasteiger partial charge in [0, 0.05) is 20.1 Å². The molecular weight excluding hydrogens is 644 g/mol. The molecule has 7 N–H and O–H groups in total. The molecule has 6 heterocycles. The van der Waals surface area contributed by atoms with Crippen LogP contribution in [0.5, 0.6) is 0 Å². The van der Waals surface area contributed by atoms with Crippen molar-refractivity contribution in [2.45, 2.75) is 55.4 Å². The van der Waals surface area contributed by atoms with E-state index in [-0.39, 0.29) is 22.9 Å². The van der Waals surface area contributed by atoms with Gasteiger partial charge in [0.15, 0.2) is 46.9 Å². The Hall–Kier alpha value is -3.34. The van der Waals surface area contributed by atoms with Crippen LogP contribution in [-0.4, -0.2) is 111 Å². The summed E-state index contributed by atoms with van der Waals surface area (Å²) in [6.45, 7) is -4.86. The number of alkyl halides is 1. The first-order valence-electron chi connectivity index (χ1n) is 13.3. The lowest BCUT2D eigenvalue weighted by atomic mass is 9.97. The molecule has 0 aromatic carbocycles. The molecule has 23 heteroatoms. The molecule has 20 nitrogen and oxygen atoms in total. The minimum Gasteiger partial charge on any atom is -0.396 e. The summed E-state index contributed by atoms with van der Waals surface area (Å²) >= 11 is 4.05. The Balaban J connectivity index is 1.24. The van der Waals surface area contributed by atoms with Gasteiger partial charge in [-0.1, -0.05) is 17.5 Å². The number of aromatic amines is 1. The van der Waals surface area contributed by atoms with Gasteiger partial charge in [0.1, 0.15) is 29.7 Å². The lowest BCUT2D eigenvalue weighted by molar-refractivity contribution is -0.114. The molecule has 0 radical (unpaired) electrons. The summed E-state index contributed by atoms with van der Waals surface area (Å²) in [5.74, 6) is -0.137. The third-order valence-corrected chi connectivity index (χ3v) is 9.26. The predicted octanol–water partition coefficient (Wildman–Crippen LogP) is -0.758. The van der Waals surface area contributed by atoms with Gasteiger partial charge in [-0.25, -0.2) is 23.9 Å². The monoisotopic (exact) mass is 673 g/mol. The molecule has 6 rings (SSSR count). The molecule has 45 heavy (non-hydrogen) atoms. The lowest BCUT2D eigenvalue weighted by Gasteiger charge is -2.32. The van der Waals surface area contributed by atoms with Crippen molar-refractivity contribution in [3.63, 3.8) is 0 Å². The summed E-state index contributed by atoms with van der Waals surface area (Å²) in [4.78, 5) is 30.8. The molecule has 4 aromatic rings. The molecule has 0 aliphatic carbocycles. The quantitative estimate of drug-likeness (QED) is 0.0891. The maximum Gasteiger partial charge on any atom is 0.386 e. The highest BCUT2D eigenvalue weighted by Crippen LogP contribution is 2.59. The second-order valence-electron chi connectivity index (χ2n) is 10.7. The van der Waals surface area contributed by atoms with Crippen LogP contribution < -0.4 is 17.0 Å². The number of hydrogen-bond acceptors (Lipinski definition) is 17. The summed E-state index contributed by atoms with van der Waals surface area (Å²) in [6, 6.07) is 0. The first-order chi connectivity index (χ1) is 21.3. The van der Waals surface area contributed by atoms with Crippen molar-refractivity contribution < 1.29 is 42.4 Å². The van der Waals surface area contributed by atoms with Crippen molar-refractivity contribution >= 4 is 53.1 Å². The van der Waals surface area contributed by atoms with E-state index in [0.717, 1.165) is 4.68 Å². The SMILES string of the molecule is CO[C@H]1[C@@H](n2cnc3c(N)ncnc32)O[C@](C)(COP(=O)(S)O[C@H]2[C@H](n3nnc4c(=O)[nH]c(N)nc43)OC[C@]2(F)CCO)[C@H]1O. The van der Waals surface area contributed by atoms with Crippen LogP contribution >= 0.6 is 19.0 Å². The number of nitrogen functional groups attached to an aromatic ring is 2. The molecule has 0 amide bonds. The number of nitrogens with one attached hydrogen (secondary N) is 1. The van der Waals surface area contributed by atoms with Crippen LogP contribution in [0.15, 0.2) is 17.4 Å². The summed E-state index contributed by atoms with van der Waals surface area (Å²) in [5, 5.41) is 28.3. The number of nitrogens with two attached hydrogens (primary N) is 2. The summed E-state index contributed by atoms with van der Waals surface area (Å²) < 4.78 is 60.6. The van der Waals surface area contributed by atoms with Gasteiger partial charge in [-0.15, -0.1) is 5.10 Å². The predicted molar refractivity (Wildman–Crippen MR) is 153 cm³/mol. The minimum atomic E-state index is -4.51. The molecule has 0 spiro atoms. The van der Waals surface area contributed by atoms with Crippen molar-refractivity contribution in [2.75, 3.05) is 38.4 Å². The van der Waals surface area contributed by atoms with E-state index in [4.69, 9.17) is 34.7 Å². The van der Waals surface area contributed by atoms with E-state index in [1.807, 2.05) is 0 Å². The molecule has 0 saturated carbocycles. The number of halogens is 1. The van der Waals surface area contributed by atoms with Crippen LogP contribution in [0.4, 0.5) is 16.2 Å². The van der Waals surface area contributed by atoms with Crippen LogP contribution in [-0.2, 0) is 27.8 Å². The lowest BCUT2D eigenvalue weighted by Crippen LogP contribution is -2.45. The zero-order chi connectivity index (χ0) is 32.3. The number of aromatic nitrogens is 9. The number of hydrogen-bond donors (Lipinski definition) is 6. The van der Waals surface area contributed by atoms with Crippen LogP contribution in [0.1, 0.15) is 25.8 Å². The smallest absolute Gasteiger partial charge is 0.386 e. The van der Waals surface area contributed by atoms with Crippen molar-refractivity contribution in [3.8, 4) is 0 Å². The van der Waals surface area contributed by atoms with Gasteiger partial charge in [-0.2, -0.15) is 9.67 Å². The number of aliphatic hydroxyl groups is 2. The van der Waals surface area contributed by atoms with Gasteiger partial charge < -0.3 is 35.9 Å². The van der Waals surface area contributed by atoms with E-state index < -0.39 is 80.6 Å². The van der Waals surface area contributed by atoms with Gasteiger partial charge in [0.25, 0.3) is 5.56 Å². The number of imidazole rings is 1. The number of rotatable bonds is 10. The zero-order valence-corrected chi connectivity index (χ0v) is 25.4. The summed E-state index contributed by atoms with van der Waals surface area (Å²) in [6.07, 6.45) is -4.43. The standard InChI is InChI=1S/C22H29FN11O9PS/c1-21(12(36)11(39-2)18(42-21)33-8-28-9-14(24)26-7-27-15(9)33)5-41-44(38,45)43-13-19(40-6-22(13,23)3-4-35)34-16-10(31-32-34)17(37)30-20(25)29-16/h7-8,11-13,18-19,35-36H,3-6H2,1-2H3,(H,38,45)(H2,24,26,27)(H3,25,29,30,37)/t11-,12+,13+,18+,19-,21-,22-,44?/m1/s1. The van der Waals surface area contributed by atoms with Crippen molar-refractivity contribution in [1.29, 1.82) is 0 Å². The first-order valence-corrected chi connectivity index (χ1v) is 16.0. The van der Waals surface area contributed by atoms with E-state index in [9.17, 15) is 19.6 Å². The fourth-order valence-electron chi connectivity index (χ4n) is 5.36. The molecule has 2 aliphatic heterocycles. The topological polar surface area (TPSA) is 276 Å². The highest BCUT2D eigenvalue weighted by atomic mass is 32.7. The Labute approximate surface area is 256 Å². The van der Waals surface area contributed by atoms with Crippen LogP contribution in [0.3, 0.4) is 0 Å². The van der Waals surface area contributed by atoms with E-state index >= 15 is 4.39 Å². The second kappa shape index (κ2) is 11.5. The van der Waals surface area contributed by atoms with Gasteiger partial charge in [-0.3, -0.25) is 23.4 Å². The molecule has 244 valence electrons. The number of H-pyrrole nitrogens is 1. The molecule has 1 unspecified atom stereocenters. The number of fused-ring (bicyclic) bond motifs is 2. The second-order valence-corrected chi connectivity index (χ2v) is 13.6. The molecule has 8 atom stereocenters. The first kappa shape index (κ1) is 31.6. The van der Waals surface area contributed by atoms with Gasteiger partial charge in [0.2, 0.25) is 5.95 Å². The highest BCUT2D eigenvalue weighted by Gasteiger charge is 2.57. The third kappa shape index (κ3) is 5.44. The Kier molecular flexibility index (Phi) is 8.07. The van der Waals surface area contributed by atoms with Crippen molar-refractivity contribution in [2.24, 2.45) is 0 Å². The Morgan fingerprint density at radius 3 is 2.78 bits per heavy atom. The third-order valence-electron chi connectivity index (χ3n) is 7.69. The molecule has 2 aliphatic rings. The normalized spacial score (nSPS) is 31.6. The molecule has 0 bridgehead atoms. The minimum absolute atomic E-state index is 0.134. The Bertz CT molecular complexity index is 1840. The van der Waals surface area contributed by atoms with Gasteiger partial charge >= 0.3 is 6.80 Å². The molecular formula is C22H29FN11O9PS. The number of thiol groups is 1. The maximum absolute atomic E-state index is 16.1. The zero-order valence-electron chi connectivity index (χ0n) is 23.6. The summed E-state index contributed by atoms with van der Waals surface area (Å²) in [7, 11) is 1.36. The van der Waals surface area contributed by atoms with Crippen LogP contribution in [0, 0.1) is 0 Å². The summed E-state index contributed by atoms with van der Waals surface area (Å²) in [5.41, 5.74) is 7.07. The largest absolute Gasteiger partial charge is 0.396 e. The maximum atomic E-state index is 16.1. The number of anilines is 2. The van der Waals surface area contributed by atoms with Crippen molar-refractivity contribution in [1.82, 2.24) is 44.5 Å². The average molecular weight is 674 g/mol. The van der Waals surface area contributed by atoms with E-state index in [0.29, 0.717) is 11.2 Å². The number of nitrogens with zero attached hydrogens (tertiary/aromatic N) is 8. The van der Waals surface area contributed by atoms with E-state index in [2.05, 4.69) is 47.5 Å². The van der Waals surface area contributed by atoms with Gasteiger partial charge in [-0.05, 0) is 6.92 Å². The Morgan fingerprint density at radius 2 is 2.04 bits per heavy atom. The van der Waals surface area contributed by atoms with Crippen LogP contribution in [0.2, 0.25) is 0 Å². The number of aliphatic hydroxyl groups excluding tert-OH is 2. The number of ether oxygens (including phenoxy) is 3. The van der Waals surface area contributed by atoms with Gasteiger partial charge in [0.05, 0.1) is 19.5 Å².